The number of hydrogen-bond donors (Lipinski definition) is 1. The maximum atomic E-state index is 13.5. The van der Waals surface area contributed by atoms with Gasteiger partial charge in [0, 0.05) is 19.1 Å². The van der Waals surface area contributed by atoms with Crippen LogP contribution in [0, 0.1) is 11.7 Å². The van der Waals surface area contributed by atoms with E-state index in [9.17, 15) is 4.39 Å². The van der Waals surface area contributed by atoms with Crippen LogP contribution in [0.25, 0.3) is 0 Å². The third-order valence-corrected chi connectivity index (χ3v) is 5.12. The van der Waals surface area contributed by atoms with Gasteiger partial charge in [-0.15, -0.1) is 0 Å². The first-order valence-corrected chi connectivity index (χ1v) is 7.99. The predicted octanol–water partition coefficient (Wildman–Crippen LogP) is 3.44. The number of halogens is 1. The summed E-state index contributed by atoms with van der Waals surface area (Å²) in [6, 6.07) is 5.75. The molecule has 1 saturated heterocycles. The molecular weight excluding hydrogens is 251 g/mol. The monoisotopic (exact) mass is 276 g/mol. The highest BCUT2D eigenvalue weighted by molar-refractivity contribution is 5.28. The van der Waals surface area contributed by atoms with Gasteiger partial charge in [0.1, 0.15) is 5.82 Å². The third kappa shape index (κ3) is 2.89. The second-order valence-electron chi connectivity index (χ2n) is 6.34. The van der Waals surface area contributed by atoms with Crippen molar-refractivity contribution in [2.24, 2.45) is 11.7 Å². The van der Waals surface area contributed by atoms with Gasteiger partial charge < -0.3 is 5.73 Å². The van der Waals surface area contributed by atoms with Gasteiger partial charge in [0.05, 0.1) is 0 Å². The molecule has 0 aromatic heterocycles. The Morgan fingerprint density at radius 2 is 1.90 bits per heavy atom. The van der Waals surface area contributed by atoms with Gasteiger partial charge in [-0.25, -0.2) is 4.39 Å². The largest absolute Gasteiger partial charge is 0.326 e. The normalized spacial score (nSPS) is 27.3. The van der Waals surface area contributed by atoms with E-state index in [1.807, 2.05) is 6.07 Å². The molecule has 2 fully saturated rings. The predicted molar refractivity (Wildman–Crippen MR) is 79.7 cm³/mol. The molecule has 3 heteroatoms. The fraction of sp³-hybridized carbons (Fsp3) is 0.647. The zero-order chi connectivity index (χ0) is 13.9. The van der Waals surface area contributed by atoms with Crippen LogP contribution in [0.2, 0.25) is 0 Å². The smallest absolute Gasteiger partial charge is 0.123 e. The Kier molecular flexibility index (Phi) is 4.37. The Bertz CT molecular complexity index is 458. The maximum Gasteiger partial charge on any atom is 0.123 e. The van der Waals surface area contributed by atoms with Gasteiger partial charge in [-0.1, -0.05) is 18.9 Å². The molecule has 0 amide bonds. The number of fused-ring (bicyclic) bond motifs is 1. The molecule has 3 rings (SSSR count). The summed E-state index contributed by atoms with van der Waals surface area (Å²) in [5, 5.41) is 0. The zero-order valence-corrected chi connectivity index (χ0v) is 12.2. The van der Waals surface area contributed by atoms with Gasteiger partial charge >= 0.3 is 0 Å². The van der Waals surface area contributed by atoms with E-state index in [1.165, 1.54) is 44.6 Å². The molecule has 2 N–H and O–H groups in total. The summed E-state index contributed by atoms with van der Waals surface area (Å²) in [6.45, 7) is 2.52. The van der Waals surface area contributed by atoms with Gasteiger partial charge in [0.15, 0.2) is 0 Å². The van der Waals surface area contributed by atoms with Crippen LogP contribution in [0.1, 0.15) is 49.7 Å². The fourth-order valence-electron chi connectivity index (χ4n) is 4.08. The van der Waals surface area contributed by atoms with Gasteiger partial charge in [0.2, 0.25) is 0 Å². The van der Waals surface area contributed by atoms with Crippen LogP contribution in [0.3, 0.4) is 0 Å². The van der Waals surface area contributed by atoms with E-state index in [0.717, 1.165) is 30.1 Å². The Balaban J connectivity index is 1.77. The SMILES string of the molecule is NCc1ccc(F)cc1CN1CCC[C@H]2CCCC[C@H]21. The van der Waals surface area contributed by atoms with E-state index in [1.54, 1.807) is 6.07 Å². The first-order valence-electron chi connectivity index (χ1n) is 7.99. The van der Waals surface area contributed by atoms with Crippen molar-refractivity contribution in [2.75, 3.05) is 6.54 Å². The lowest BCUT2D eigenvalue weighted by Crippen LogP contribution is -2.46. The molecule has 2 nitrogen and oxygen atoms in total. The van der Waals surface area contributed by atoms with Crippen LogP contribution >= 0.6 is 0 Å². The van der Waals surface area contributed by atoms with Gasteiger partial charge in [-0.05, 0) is 61.4 Å². The number of benzene rings is 1. The number of likely N-dealkylation sites (tertiary alicyclic amines) is 1. The van der Waals surface area contributed by atoms with Crippen LogP contribution in [-0.4, -0.2) is 17.5 Å². The molecule has 1 saturated carbocycles. The zero-order valence-electron chi connectivity index (χ0n) is 12.2. The van der Waals surface area contributed by atoms with Gasteiger partial charge in [-0.2, -0.15) is 0 Å². The molecule has 20 heavy (non-hydrogen) atoms. The van der Waals surface area contributed by atoms with Crippen LogP contribution in [0.5, 0.6) is 0 Å². The summed E-state index contributed by atoms with van der Waals surface area (Å²) in [6.07, 6.45) is 8.11. The summed E-state index contributed by atoms with van der Waals surface area (Å²) in [5.74, 6) is 0.724. The molecule has 2 aliphatic rings. The molecule has 0 unspecified atom stereocenters. The molecule has 1 aliphatic carbocycles. The quantitative estimate of drug-likeness (QED) is 0.916. The fourth-order valence-corrected chi connectivity index (χ4v) is 4.08. The van der Waals surface area contributed by atoms with E-state index in [2.05, 4.69) is 4.90 Å². The molecule has 0 radical (unpaired) electrons. The van der Waals surface area contributed by atoms with Crippen LogP contribution in [0.4, 0.5) is 4.39 Å². The highest BCUT2D eigenvalue weighted by Gasteiger charge is 2.33. The Labute approximate surface area is 121 Å². The summed E-state index contributed by atoms with van der Waals surface area (Å²) >= 11 is 0. The molecule has 0 spiro atoms. The molecule has 1 heterocycles. The molecule has 1 aromatic rings. The topological polar surface area (TPSA) is 29.3 Å². The lowest BCUT2D eigenvalue weighted by atomic mass is 9.78. The molecule has 110 valence electrons. The van der Waals surface area contributed by atoms with Crippen molar-refractivity contribution in [2.45, 2.75) is 57.7 Å². The number of piperidine rings is 1. The van der Waals surface area contributed by atoms with E-state index in [-0.39, 0.29) is 5.82 Å². The van der Waals surface area contributed by atoms with E-state index >= 15 is 0 Å². The third-order valence-electron chi connectivity index (χ3n) is 5.12. The van der Waals surface area contributed by atoms with E-state index < -0.39 is 0 Å². The summed E-state index contributed by atoms with van der Waals surface area (Å²) in [5.41, 5.74) is 7.97. The van der Waals surface area contributed by atoms with Crippen molar-refractivity contribution >= 4 is 0 Å². The standard InChI is InChI=1S/C17H25FN2/c18-16-8-7-14(11-19)15(10-16)12-20-9-3-5-13-4-1-2-6-17(13)20/h7-8,10,13,17H,1-6,9,11-12,19H2/t13-,17-/m1/s1. The lowest BCUT2D eigenvalue weighted by Gasteiger charge is -2.44. The highest BCUT2D eigenvalue weighted by Crippen LogP contribution is 2.36. The molecular formula is C17H25FN2. The molecule has 2 atom stereocenters. The number of nitrogens with two attached hydrogens (primary N) is 1. The minimum absolute atomic E-state index is 0.144. The number of nitrogens with zero attached hydrogens (tertiary/aromatic N) is 1. The minimum atomic E-state index is -0.144. The number of hydrogen-bond acceptors (Lipinski definition) is 2. The Morgan fingerprint density at radius 3 is 2.75 bits per heavy atom. The summed E-state index contributed by atoms with van der Waals surface area (Å²) in [7, 11) is 0. The van der Waals surface area contributed by atoms with Crippen molar-refractivity contribution in [3.63, 3.8) is 0 Å². The Hall–Kier alpha value is -0.930. The van der Waals surface area contributed by atoms with E-state index in [0.29, 0.717) is 12.6 Å². The van der Waals surface area contributed by atoms with Gasteiger partial charge in [-0.3, -0.25) is 4.90 Å². The molecule has 1 aliphatic heterocycles. The lowest BCUT2D eigenvalue weighted by molar-refractivity contribution is 0.0544. The second kappa shape index (κ2) is 6.23. The average molecular weight is 276 g/mol. The first kappa shape index (κ1) is 14.0. The molecule has 1 aromatic carbocycles. The molecule has 0 bridgehead atoms. The maximum absolute atomic E-state index is 13.5. The highest BCUT2D eigenvalue weighted by atomic mass is 19.1. The van der Waals surface area contributed by atoms with Gasteiger partial charge in [0.25, 0.3) is 0 Å². The summed E-state index contributed by atoms with van der Waals surface area (Å²) < 4.78 is 13.5. The van der Waals surface area contributed by atoms with Crippen molar-refractivity contribution in [3.05, 3.63) is 35.1 Å². The first-order chi connectivity index (χ1) is 9.78. The van der Waals surface area contributed by atoms with E-state index in [4.69, 9.17) is 5.73 Å². The Morgan fingerprint density at radius 1 is 1.10 bits per heavy atom. The van der Waals surface area contributed by atoms with Crippen LogP contribution in [-0.2, 0) is 13.1 Å². The van der Waals surface area contributed by atoms with Crippen molar-refractivity contribution < 1.29 is 4.39 Å². The van der Waals surface area contributed by atoms with Crippen LogP contribution in [0.15, 0.2) is 18.2 Å². The van der Waals surface area contributed by atoms with Crippen molar-refractivity contribution in [3.8, 4) is 0 Å². The van der Waals surface area contributed by atoms with Crippen molar-refractivity contribution in [1.29, 1.82) is 0 Å². The summed E-state index contributed by atoms with van der Waals surface area (Å²) in [4.78, 5) is 2.58. The van der Waals surface area contributed by atoms with Crippen LogP contribution < -0.4 is 5.73 Å². The second-order valence-corrected chi connectivity index (χ2v) is 6.34. The number of rotatable bonds is 3. The average Bonchev–Trinajstić information content (AvgIpc) is 2.48. The van der Waals surface area contributed by atoms with Crippen molar-refractivity contribution in [1.82, 2.24) is 4.90 Å². The minimum Gasteiger partial charge on any atom is -0.326 e.